The van der Waals surface area contributed by atoms with Gasteiger partial charge in [-0.2, -0.15) is 0 Å². The van der Waals surface area contributed by atoms with Crippen LogP contribution in [0.5, 0.6) is 11.5 Å². The largest absolute Gasteiger partial charge is 0.495 e. The highest BCUT2D eigenvalue weighted by Crippen LogP contribution is 2.31. The summed E-state index contributed by atoms with van der Waals surface area (Å²) < 4.78 is 40.9. The molecule has 3 aromatic rings. The molecule has 0 aliphatic heterocycles. The summed E-state index contributed by atoms with van der Waals surface area (Å²) in [5.74, 6) is 1.35. The van der Waals surface area contributed by atoms with E-state index < -0.39 is 10.0 Å². The molecular formula is C19H23N5O4S. The molecule has 0 aliphatic rings. The van der Waals surface area contributed by atoms with Crippen LogP contribution in [0.2, 0.25) is 0 Å². The molecule has 0 fully saturated rings. The zero-order valence-corrected chi connectivity index (χ0v) is 17.5. The van der Waals surface area contributed by atoms with E-state index in [1.54, 1.807) is 41.1 Å². The molecule has 3 rings (SSSR count). The lowest BCUT2D eigenvalue weighted by atomic mass is 10.2. The van der Waals surface area contributed by atoms with E-state index in [1.165, 1.54) is 13.2 Å². The van der Waals surface area contributed by atoms with Crippen LogP contribution < -0.4 is 14.2 Å². The molecule has 0 saturated heterocycles. The molecule has 29 heavy (non-hydrogen) atoms. The number of ether oxygens (including phenoxy) is 2. The van der Waals surface area contributed by atoms with E-state index in [0.29, 0.717) is 29.4 Å². The van der Waals surface area contributed by atoms with Crippen LogP contribution in [0.15, 0.2) is 47.4 Å². The zero-order chi connectivity index (χ0) is 21.0. The molecule has 1 N–H and O–H groups in total. The van der Waals surface area contributed by atoms with Crippen LogP contribution in [0.4, 0.5) is 5.69 Å². The molecular weight excluding hydrogens is 394 g/mol. The number of anilines is 1. The molecule has 0 unspecified atom stereocenters. The Morgan fingerprint density at radius 3 is 2.48 bits per heavy atom. The molecule has 0 aliphatic carbocycles. The minimum Gasteiger partial charge on any atom is -0.495 e. The van der Waals surface area contributed by atoms with Crippen LogP contribution in [-0.4, -0.2) is 42.3 Å². The number of nitrogens with zero attached hydrogens (tertiary/aromatic N) is 4. The summed E-state index contributed by atoms with van der Waals surface area (Å²) in [7, 11) is -2.50. The van der Waals surface area contributed by atoms with Gasteiger partial charge in [0.1, 0.15) is 16.4 Å². The second-order valence-corrected chi connectivity index (χ2v) is 8.12. The van der Waals surface area contributed by atoms with Crippen LogP contribution in [0.25, 0.3) is 11.4 Å². The molecule has 0 atom stereocenters. The van der Waals surface area contributed by atoms with Gasteiger partial charge in [-0.05, 0) is 73.7 Å². The van der Waals surface area contributed by atoms with Crippen LogP contribution in [0.3, 0.4) is 0 Å². The molecule has 0 saturated carbocycles. The number of rotatable bonds is 8. The number of hydrogen-bond acceptors (Lipinski definition) is 7. The third-order valence-electron chi connectivity index (χ3n) is 4.11. The summed E-state index contributed by atoms with van der Waals surface area (Å²) in [4.78, 5) is -0.00955. The van der Waals surface area contributed by atoms with E-state index in [0.717, 1.165) is 0 Å². The molecule has 0 bridgehead atoms. The van der Waals surface area contributed by atoms with Gasteiger partial charge >= 0.3 is 0 Å². The fraction of sp³-hybridized carbons (Fsp3) is 0.316. The van der Waals surface area contributed by atoms with Gasteiger partial charge in [-0.15, -0.1) is 5.10 Å². The normalized spacial score (nSPS) is 11.5. The van der Waals surface area contributed by atoms with Gasteiger partial charge in [0.15, 0.2) is 5.82 Å². The first-order valence-electron chi connectivity index (χ1n) is 9.07. The van der Waals surface area contributed by atoms with Crippen molar-refractivity contribution >= 4 is 15.7 Å². The molecule has 9 nitrogen and oxygen atoms in total. The minimum atomic E-state index is -3.92. The number of aromatic nitrogens is 4. The summed E-state index contributed by atoms with van der Waals surface area (Å²) in [5, 5.41) is 11.7. The monoisotopic (exact) mass is 417 g/mol. The Balaban J connectivity index is 1.98. The molecule has 0 amide bonds. The average molecular weight is 417 g/mol. The fourth-order valence-corrected chi connectivity index (χ4v) is 4.01. The van der Waals surface area contributed by atoms with Crippen molar-refractivity contribution in [1.82, 2.24) is 20.2 Å². The first kappa shape index (κ1) is 20.6. The Labute approximate surface area is 169 Å². The van der Waals surface area contributed by atoms with Gasteiger partial charge in [0.2, 0.25) is 0 Å². The first-order chi connectivity index (χ1) is 13.9. The number of methoxy groups -OCH3 is 1. The van der Waals surface area contributed by atoms with Crippen molar-refractivity contribution in [2.75, 3.05) is 18.4 Å². The average Bonchev–Trinajstić information content (AvgIpc) is 3.19. The van der Waals surface area contributed by atoms with Crippen molar-refractivity contribution in [2.24, 2.45) is 0 Å². The summed E-state index contributed by atoms with van der Waals surface area (Å²) >= 11 is 0. The number of tetrazole rings is 1. The van der Waals surface area contributed by atoms with Gasteiger partial charge in [0.05, 0.1) is 19.8 Å². The van der Waals surface area contributed by atoms with Gasteiger partial charge in [0.25, 0.3) is 10.0 Å². The van der Waals surface area contributed by atoms with Gasteiger partial charge < -0.3 is 9.47 Å². The fourth-order valence-electron chi connectivity index (χ4n) is 2.75. The molecule has 10 heteroatoms. The number of sulfonamides is 1. The number of nitrogens with one attached hydrogen (secondary N) is 1. The lowest BCUT2D eigenvalue weighted by molar-refractivity contribution is 0.340. The maximum absolute atomic E-state index is 13.1. The molecule has 2 aromatic carbocycles. The minimum absolute atomic E-state index is 0.00955. The van der Waals surface area contributed by atoms with E-state index in [1.807, 2.05) is 20.8 Å². The molecule has 1 heterocycles. The van der Waals surface area contributed by atoms with Crippen LogP contribution in [0, 0.1) is 0 Å². The Morgan fingerprint density at radius 1 is 1.14 bits per heavy atom. The summed E-state index contributed by atoms with van der Waals surface area (Å²) in [6, 6.07) is 11.5. The maximum atomic E-state index is 13.1. The van der Waals surface area contributed by atoms with Crippen molar-refractivity contribution in [1.29, 1.82) is 0 Å². The SMILES string of the molecule is CCOc1ccc(NS(=O)(=O)c2cc(-c3nnnn3C(C)C)ccc2OC)cc1. The van der Waals surface area contributed by atoms with Crippen LogP contribution >= 0.6 is 0 Å². The molecule has 0 spiro atoms. The lowest BCUT2D eigenvalue weighted by Crippen LogP contribution is -2.14. The van der Waals surface area contributed by atoms with E-state index in [9.17, 15) is 8.42 Å². The van der Waals surface area contributed by atoms with Crippen molar-refractivity contribution in [2.45, 2.75) is 31.7 Å². The standard InChI is InChI=1S/C19H23N5O4S/c1-5-28-16-9-7-15(8-10-16)21-29(25,26)18-12-14(6-11-17(18)27-4)19-20-22-23-24(19)13(2)3/h6-13,21H,5H2,1-4H3. The Morgan fingerprint density at radius 2 is 1.86 bits per heavy atom. The van der Waals surface area contributed by atoms with Gasteiger partial charge in [-0.3, -0.25) is 4.72 Å². The van der Waals surface area contributed by atoms with Gasteiger partial charge in [-0.1, -0.05) is 0 Å². The van der Waals surface area contributed by atoms with E-state index in [4.69, 9.17) is 9.47 Å². The van der Waals surface area contributed by atoms with Crippen molar-refractivity contribution < 1.29 is 17.9 Å². The number of benzene rings is 2. The second-order valence-electron chi connectivity index (χ2n) is 6.47. The molecule has 0 radical (unpaired) electrons. The second kappa shape index (κ2) is 8.48. The van der Waals surface area contributed by atoms with E-state index >= 15 is 0 Å². The van der Waals surface area contributed by atoms with E-state index in [-0.39, 0.29) is 16.7 Å². The summed E-state index contributed by atoms with van der Waals surface area (Å²) in [5.41, 5.74) is 0.976. The molecule has 1 aromatic heterocycles. The number of hydrogen-bond donors (Lipinski definition) is 1. The van der Waals surface area contributed by atoms with Crippen LogP contribution in [0.1, 0.15) is 26.8 Å². The van der Waals surface area contributed by atoms with Gasteiger partial charge in [-0.25, -0.2) is 13.1 Å². The lowest BCUT2D eigenvalue weighted by Gasteiger charge is -2.14. The Bertz CT molecular complexity index is 1080. The maximum Gasteiger partial charge on any atom is 0.265 e. The summed E-state index contributed by atoms with van der Waals surface area (Å²) in [6.45, 7) is 6.29. The highest BCUT2D eigenvalue weighted by Gasteiger charge is 2.22. The van der Waals surface area contributed by atoms with Crippen LogP contribution in [-0.2, 0) is 10.0 Å². The predicted octanol–water partition coefficient (Wildman–Crippen LogP) is 3.13. The summed E-state index contributed by atoms with van der Waals surface area (Å²) in [6.07, 6.45) is 0. The van der Waals surface area contributed by atoms with Crippen molar-refractivity contribution in [3.05, 3.63) is 42.5 Å². The van der Waals surface area contributed by atoms with Gasteiger partial charge in [0, 0.05) is 11.3 Å². The highest BCUT2D eigenvalue weighted by molar-refractivity contribution is 7.92. The zero-order valence-electron chi connectivity index (χ0n) is 16.7. The molecule has 154 valence electrons. The van der Waals surface area contributed by atoms with Crippen molar-refractivity contribution in [3.63, 3.8) is 0 Å². The Kier molecular flexibility index (Phi) is 6.02. The first-order valence-corrected chi connectivity index (χ1v) is 10.6. The van der Waals surface area contributed by atoms with E-state index in [2.05, 4.69) is 20.2 Å². The third-order valence-corrected chi connectivity index (χ3v) is 5.51. The topological polar surface area (TPSA) is 108 Å². The predicted molar refractivity (Wildman–Crippen MR) is 109 cm³/mol. The smallest absolute Gasteiger partial charge is 0.265 e. The highest BCUT2D eigenvalue weighted by atomic mass is 32.2. The Hall–Kier alpha value is -3.14. The quantitative estimate of drug-likeness (QED) is 0.600. The third kappa shape index (κ3) is 4.48. The van der Waals surface area contributed by atoms with Crippen molar-refractivity contribution in [3.8, 4) is 22.9 Å².